The smallest absolute Gasteiger partial charge is 0.337 e. The second-order valence-electron chi connectivity index (χ2n) is 6.87. The predicted molar refractivity (Wildman–Crippen MR) is 106 cm³/mol. The lowest BCUT2D eigenvalue weighted by Gasteiger charge is -2.35. The summed E-state index contributed by atoms with van der Waals surface area (Å²) in [5.41, 5.74) is 2.52. The molecule has 0 bridgehead atoms. The van der Waals surface area contributed by atoms with Crippen LogP contribution in [0.1, 0.15) is 15.9 Å². The van der Waals surface area contributed by atoms with E-state index in [0.29, 0.717) is 16.8 Å². The maximum atomic E-state index is 13.1. The average Bonchev–Trinajstić information content (AvgIpc) is 2.70. The van der Waals surface area contributed by atoms with E-state index in [9.17, 15) is 14.0 Å². The molecule has 28 heavy (non-hydrogen) atoms. The number of nitrogens with zero attached hydrogens (tertiary/aromatic N) is 2. The fourth-order valence-electron chi connectivity index (χ4n) is 3.19. The van der Waals surface area contributed by atoms with E-state index in [1.54, 1.807) is 24.3 Å². The fourth-order valence-corrected chi connectivity index (χ4v) is 3.19. The van der Waals surface area contributed by atoms with Crippen LogP contribution in [0.4, 0.5) is 15.8 Å². The Labute approximate surface area is 163 Å². The lowest BCUT2D eigenvalue weighted by Crippen LogP contribution is -2.44. The molecule has 1 amide bonds. The number of rotatable bonds is 5. The maximum Gasteiger partial charge on any atom is 0.337 e. The van der Waals surface area contributed by atoms with Crippen molar-refractivity contribution in [3.8, 4) is 0 Å². The van der Waals surface area contributed by atoms with Gasteiger partial charge in [-0.2, -0.15) is 0 Å². The van der Waals surface area contributed by atoms with Gasteiger partial charge in [0.1, 0.15) is 5.82 Å². The molecule has 6 nitrogen and oxygen atoms in total. The van der Waals surface area contributed by atoms with Crippen LogP contribution in [-0.4, -0.2) is 57.1 Å². The van der Waals surface area contributed by atoms with Crippen molar-refractivity contribution in [1.82, 2.24) is 4.90 Å². The number of halogens is 1. The van der Waals surface area contributed by atoms with E-state index in [0.717, 1.165) is 31.9 Å². The first kappa shape index (κ1) is 19.8. The minimum Gasteiger partial charge on any atom is -0.465 e. The van der Waals surface area contributed by atoms with Gasteiger partial charge in [-0.05, 0) is 42.9 Å². The van der Waals surface area contributed by atoms with E-state index in [1.165, 1.54) is 19.2 Å². The highest BCUT2D eigenvalue weighted by molar-refractivity contribution is 5.98. The van der Waals surface area contributed by atoms with E-state index in [4.69, 9.17) is 4.74 Å². The third-order valence-electron chi connectivity index (χ3n) is 4.81. The van der Waals surface area contributed by atoms with Gasteiger partial charge in [-0.25, -0.2) is 9.18 Å². The van der Waals surface area contributed by atoms with Gasteiger partial charge < -0.3 is 19.9 Å². The van der Waals surface area contributed by atoms with E-state index in [1.807, 2.05) is 6.07 Å². The maximum absolute atomic E-state index is 13.1. The number of piperazine rings is 1. The molecule has 1 aliphatic heterocycles. The Balaban J connectivity index is 1.82. The Bertz CT molecular complexity index is 846. The number of benzene rings is 2. The summed E-state index contributed by atoms with van der Waals surface area (Å²) >= 11 is 0. The van der Waals surface area contributed by atoms with Crippen LogP contribution in [0.5, 0.6) is 0 Å². The summed E-state index contributed by atoms with van der Waals surface area (Å²) in [5.74, 6) is -1.03. The Morgan fingerprint density at radius 3 is 2.39 bits per heavy atom. The standard InChI is InChI=1S/C21H24FN3O3/c1-24-9-11-25(12-10-24)19-8-5-16(21(27)28-2)14-18(19)23-20(26)13-15-3-6-17(22)7-4-15/h3-8,14H,9-13H2,1-2H3,(H,23,26). The quantitative estimate of drug-likeness (QED) is 0.802. The molecule has 1 aliphatic rings. The molecule has 3 rings (SSSR count). The van der Waals surface area contributed by atoms with Gasteiger partial charge in [0.05, 0.1) is 30.5 Å². The number of carbonyl (C=O) groups is 2. The Morgan fingerprint density at radius 1 is 1.07 bits per heavy atom. The number of nitrogens with one attached hydrogen (secondary N) is 1. The zero-order chi connectivity index (χ0) is 20.1. The summed E-state index contributed by atoms with van der Waals surface area (Å²) in [6, 6.07) is 11.0. The highest BCUT2D eigenvalue weighted by atomic mass is 19.1. The molecule has 0 atom stereocenters. The molecule has 2 aromatic rings. The third kappa shape index (κ3) is 4.86. The van der Waals surface area contributed by atoms with Crippen molar-refractivity contribution >= 4 is 23.3 Å². The van der Waals surface area contributed by atoms with Crippen molar-refractivity contribution in [3.05, 3.63) is 59.4 Å². The van der Waals surface area contributed by atoms with Crippen LogP contribution in [-0.2, 0) is 16.0 Å². The highest BCUT2D eigenvalue weighted by Gasteiger charge is 2.20. The normalized spacial score (nSPS) is 14.6. The van der Waals surface area contributed by atoms with Gasteiger partial charge in [0.15, 0.2) is 0 Å². The van der Waals surface area contributed by atoms with Crippen LogP contribution in [0.3, 0.4) is 0 Å². The van der Waals surface area contributed by atoms with Crippen molar-refractivity contribution in [2.24, 2.45) is 0 Å². The molecule has 0 saturated carbocycles. The summed E-state index contributed by atoms with van der Waals surface area (Å²) in [6.45, 7) is 3.49. The number of hydrogen-bond donors (Lipinski definition) is 1. The molecule has 1 saturated heterocycles. The molecule has 1 heterocycles. The molecule has 2 aromatic carbocycles. The minimum absolute atomic E-state index is 0.116. The first-order valence-electron chi connectivity index (χ1n) is 9.16. The Morgan fingerprint density at radius 2 is 1.75 bits per heavy atom. The molecule has 0 radical (unpaired) electrons. The molecular formula is C21H24FN3O3. The average molecular weight is 385 g/mol. The van der Waals surface area contributed by atoms with Crippen molar-refractivity contribution < 1.29 is 18.7 Å². The molecule has 0 unspecified atom stereocenters. The number of anilines is 2. The van der Waals surface area contributed by atoms with Crippen LogP contribution in [0.15, 0.2) is 42.5 Å². The van der Waals surface area contributed by atoms with Crippen molar-refractivity contribution in [1.29, 1.82) is 0 Å². The molecule has 1 fully saturated rings. The molecule has 0 spiro atoms. The Hall–Kier alpha value is -2.93. The molecule has 1 N–H and O–H groups in total. The third-order valence-corrected chi connectivity index (χ3v) is 4.81. The van der Waals surface area contributed by atoms with Crippen LogP contribution in [0.25, 0.3) is 0 Å². The van der Waals surface area contributed by atoms with E-state index in [-0.39, 0.29) is 18.1 Å². The van der Waals surface area contributed by atoms with E-state index < -0.39 is 5.97 Å². The van der Waals surface area contributed by atoms with Gasteiger partial charge in [-0.1, -0.05) is 12.1 Å². The summed E-state index contributed by atoms with van der Waals surface area (Å²) in [7, 11) is 3.40. The van der Waals surface area contributed by atoms with Gasteiger partial charge >= 0.3 is 5.97 Å². The van der Waals surface area contributed by atoms with Gasteiger partial charge in [-0.3, -0.25) is 4.79 Å². The van der Waals surface area contributed by atoms with Crippen LogP contribution in [0.2, 0.25) is 0 Å². The summed E-state index contributed by atoms with van der Waals surface area (Å²) in [4.78, 5) is 28.9. The highest BCUT2D eigenvalue weighted by Crippen LogP contribution is 2.29. The number of likely N-dealkylation sites (N-methyl/N-ethyl adjacent to an activating group) is 1. The van der Waals surface area contributed by atoms with Crippen molar-refractivity contribution in [2.75, 3.05) is 50.6 Å². The van der Waals surface area contributed by atoms with Crippen LogP contribution < -0.4 is 10.2 Å². The largest absolute Gasteiger partial charge is 0.465 e. The predicted octanol–water partition coefficient (Wildman–Crippen LogP) is 2.55. The monoisotopic (exact) mass is 385 g/mol. The summed E-state index contributed by atoms with van der Waals surface area (Å²) < 4.78 is 17.9. The van der Waals surface area contributed by atoms with E-state index >= 15 is 0 Å². The molecule has 148 valence electrons. The van der Waals surface area contributed by atoms with Crippen molar-refractivity contribution in [2.45, 2.75) is 6.42 Å². The lowest BCUT2D eigenvalue weighted by molar-refractivity contribution is -0.115. The molecule has 0 aliphatic carbocycles. The molecular weight excluding hydrogens is 361 g/mol. The number of methoxy groups -OCH3 is 1. The van der Waals surface area contributed by atoms with Gasteiger partial charge in [0.25, 0.3) is 0 Å². The number of esters is 1. The number of hydrogen-bond acceptors (Lipinski definition) is 5. The van der Waals surface area contributed by atoms with Gasteiger partial charge in [0, 0.05) is 26.2 Å². The zero-order valence-electron chi connectivity index (χ0n) is 16.1. The van der Waals surface area contributed by atoms with Crippen LogP contribution in [0, 0.1) is 5.82 Å². The lowest BCUT2D eigenvalue weighted by atomic mass is 10.1. The van der Waals surface area contributed by atoms with E-state index in [2.05, 4.69) is 22.2 Å². The number of carbonyl (C=O) groups excluding carboxylic acids is 2. The second kappa shape index (κ2) is 8.84. The first-order chi connectivity index (χ1) is 13.5. The summed E-state index contributed by atoms with van der Waals surface area (Å²) in [5, 5.41) is 2.91. The van der Waals surface area contributed by atoms with Crippen molar-refractivity contribution in [3.63, 3.8) is 0 Å². The number of amides is 1. The Kier molecular flexibility index (Phi) is 6.26. The summed E-state index contributed by atoms with van der Waals surface area (Å²) in [6.07, 6.45) is 0.116. The van der Waals surface area contributed by atoms with Crippen LogP contribution >= 0.6 is 0 Å². The topological polar surface area (TPSA) is 61.9 Å². The fraction of sp³-hybridized carbons (Fsp3) is 0.333. The molecule has 7 heteroatoms. The van der Waals surface area contributed by atoms with Gasteiger partial charge in [0.2, 0.25) is 5.91 Å². The number of ether oxygens (including phenoxy) is 1. The van der Waals surface area contributed by atoms with Gasteiger partial charge in [-0.15, -0.1) is 0 Å². The first-order valence-corrected chi connectivity index (χ1v) is 9.16. The SMILES string of the molecule is COC(=O)c1ccc(N2CCN(C)CC2)c(NC(=O)Cc2ccc(F)cc2)c1. The molecule has 0 aromatic heterocycles. The second-order valence-corrected chi connectivity index (χ2v) is 6.87. The minimum atomic E-state index is -0.459. The zero-order valence-corrected chi connectivity index (χ0v) is 16.1.